The van der Waals surface area contributed by atoms with Crippen molar-refractivity contribution in [1.82, 2.24) is 15.0 Å². The predicted molar refractivity (Wildman–Crippen MR) is 101 cm³/mol. The molecule has 1 unspecified atom stereocenters. The molecule has 1 saturated heterocycles. The summed E-state index contributed by atoms with van der Waals surface area (Å²) in [5, 5.41) is 9.86. The van der Waals surface area contributed by atoms with E-state index in [1.807, 2.05) is 12.1 Å². The summed E-state index contributed by atoms with van der Waals surface area (Å²) in [4.78, 5) is 27.9. The Morgan fingerprint density at radius 2 is 2.26 bits per heavy atom. The number of fused-ring (bicyclic) bond motifs is 1. The van der Waals surface area contributed by atoms with Crippen molar-refractivity contribution in [3.05, 3.63) is 35.8 Å². The molecule has 0 bridgehead atoms. The SMILES string of the molecule is COCCC1(C(=O)O)CCN(c2nc(-c3cccnc3)nc3c2CCC3)C1. The van der Waals surface area contributed by atoms with Crippen LogP contribution in [0.3, 0.4) is 0 Å². The molecular formula is C20H24N4O3. The monoisotopic (exact) mass is 368 g/mol. The Labute approximate surface area is 158 Å². The lowest BCUT2D eigenvalue weighted by Crippen LogP contribution is -2.36. The van der Waals surface area contributed by atoms with Crippen LogP contribution in [0.15, 0.2) is 24.5 Å². The molecule has 1 N–H and O–H groups in total. The third-order valence-electron chi connectivity index (χ3n) is 5.72. The Morgan fingerprint density at radius 3 is 3.00 bits per heavy atom. The second kappa shape index (κ2) is 7.23. The minimum Gasteiger partial charge on any atom is -0.481 e. The largest absolute Gasteiger partial charge is 0.481 e. The van der Waals surface area contributed by atoms with E-state index < -0.39 is 11.4 Å². The molecule has 0 radical (unpaired) electrons. The average molecular weight is 368 g/mol. The summed E-state index contributed by atoms with van der Waals surface area (Å²) < 4.78 is 5.16. The summed E-state index contributed by atoms with van der Waals surface area (Å²) in [7, 11) is 1.61. The van der Waals surface area contributed by atoms with Crippen molar-refractivity contribution >= 4 is 11.8 Å². The maximum Gasteiger partial charge on any atom is 0.311 e. The van der Waals surface area contributed by atoms with Gasteiger partial charge < -0.3 is 14.7 Å². The standard InChI is InChI=1S/C20H24N4O3/c1-27-11-8-20(19(25)26)7-10-24(13-20)18-15-5-2-6-16(15)22-17(23-18)14-4-3-9-21-12-14/h3-4,9,12H,2,5-8,10-11,13H2,1H3,(H,25,26). The first-order valence-electron chi connectivity index (χ1n) is 9.40. The number of anilines is 1. The fourth-order valence-electron chi connectivity index (χ4n) is 4.13. The molecule has 27 heavy (non-hydrogen) atoms. The highest BCUT2D eigenvalue weighted by Gasteiger charge is 2.45. The van der Waals surface area contributed by atoms with Crippen LogP contribution in [0.25, 0.3) is 11.4 Å². The van der Waals surface area contributed by atoms with Crippen LogP contribution in [-0.4, -0.2) is 52.8 Å². The van der Waals surface area contributed by atoms with Crippen molar-refractivity contribution in [1.29, 1.82) is 0 Å². The Balaban J connectivity index is 1.70. The second-order valence-corrected chi connectivity index (χ2v) is 7.39. The smallest absolute Gasteiger partial charge is 0.311 e. The number of nitrogens with zero attached hydrogens (tertiary/aromatic N) is 4. The van der Waals surface area contributed by atoms with Crippen molar-refractivity contribution < 1.29 is 14.6 Å². The number of carbonyl (C=O) groups is 1. The number of pyridine rings is 1. The Morgan fingerprint density at radius 1 is 1.37 bits per heavy atom. The number of hydrogen-bond acceptors (Lipinski definition) is 6. The molecule has 142 valence electrons. The minimum atomic E-state index is -0.777. The zero-order valence-corrected chi connectivity index (χ0v) is 15.5. The van der Waals surface area contributed by atoms with Crippen molar-refractivity contribution in [2.24, 2.45) is 5.41 Å². The van der Waals surface area contributed by atoms with Gasteiger partial charge in [-0.05, 0) is 44.2 Å². The summed E-state index contributed by atoms with van der Waals surface area (Å²) in [6.07, 6.45) is 7.58. The number of hydrogen-bond donors (Lipinski definition) is 1. The van der Waals surface area contributed by atoms with Gasteiger partial charge in [0.05, 0.1) is 5.41 Å². The highest BCUT2D eigenvalue weighted by molar-refractivity contribution is 5.77. The van der Waals surface area contributed by atoms with Crippen LogP contribution in [0.1, 0.15) is 30.5 Å². The molecule has 2 aromatic heterocycles. The second-order valence-electron chi connectivity index (χ2n) is 7.39. The molecule has 1 aliphatic carbocycles. The topological polar surface area (TPSA) is 88.4 Å². The van der Waals surface area contributed by atoms with Gasteiger partial charge >= 0.3 is 5.97 Å². The summed E-state index contributed by atoms with van der Waals surface area (Å²) in [6, 6.07) is 3.83. The quantitative estimate of drug-likeness (QED) is 0.837. The molecule has 0 amide bonds. The number of aryl methyl sites for hydroxylation is 1. The van der Waals surface area contributed by atoms with E-state index in [-0.39, 0.29) is 0 Å². The fourth-order valence-corrected chi connectivity index (χ4v) is 4.13. The normalized spacial score (nSPS) is 21.4. The first-order valence-corrected chi connectivity index (χ1v) is 9.40. The van der Waals surface area contributed by atoms with Gasteiger partial charge in [-0.25, -0.2) is 9.97 Å². The number of carboxylic acids is 1. The van der Waals surface area contributed by atoms with Gasteiger partial charge in [-0.15, -0.1) is 0 Å². The van der Waals surface area contributed by atoms with E-state index in [1.165, 1.54) is 5.56 Å². The Kier molecular flexibility index (Phi) is 4.78. The first-order chi connectivity index (χ1) is 13.1. The van der Waals surface area contributed by atoms with Crippen LogP contribution < -0.4 is 4.90 Å². The molecule has 1 atom stereocenters. The van der Waals surface area contributed by atoms with Crippen LogP contribution in [0.5, 0.6) is 0 Å². The number of aliphatic carboxylic acids is 1. The maximum absolute atomic E-state index is 12.0. The third-order valence-corrected chi connectivity index (χ3v) is 5.72. The molecule has 0 spiro atoms. The van der Waals surface area contributed by atoms with Crippen molar-refractivity contribution in [2.75, 3.05) is 31.7 Å². The summed E-state index contributed by atoms with van der Waals surface area (Å²) in [5.41, 5.74) is 2.37. The zero-order chi connectivity index (χ0) is 18.9. The van der Waals surface area contributed by atoms with Crippen molar-refractivity contribution in [3.8, 4) is 11.4 Å². The summed E-state index contributed by atoms with van der Waals surface area (Å²) >= 11 is 0. The van der Waals surface area contributed by atoms with Crippen molar-refractivity contribution in [3.63, 3.8) is 0 Å². The first kappa shape index (κ1) is 17.9. The number of carboxylic acid groups (broad SMARTS) is 1. The van der Waals surface area contributed by atoms with Gasteiger partial charge in [0.15, 0.2) is 5.82 Å². The third kappa shape index (κ3) is 3.27. The number of aromatic nitrogens is 3. The predicted octanol–water partition coefficient (Wildman–Crippen LogP) is 2.34. The van der Waals surface area contributed by atoms with Gasteiger partial charge in [0.1, 0.15) is 5.82 Å². The molecular weight excluding hydrogens is 344 g/mol. The van der Waals surface area contributed by atoms with Gasteiger partial charge in [-0.1, -0.05) is 0 Å². The molecule has 1 fully saturated rings. The van der Waals surface area contributed by atoms with E-state index >= 15 is 0 Å². The van der Waals surface area contributed by atoms with E-state index in [2.05, 4.69) is 9.88 Å². The van der Waals surface area contributed by atoms with Crippen LogP contribution in [0.4, 0.5) is 5.82 Å². The van der Waals surface area contributed by atoms with E-state index in [9.17, 15) is 9.90 Å². The minimum absolute atomic E-state index is 0.447. The van der Waals surface area contributed by atoms with E-state index in [1.54, 1.807) is 19.5 Å². The van der Waals surface area contributed by atoms with Crippen LogP contribution in [-0.2, 0) is 22.4 Å². The van der Waals surface area contributed by atoms with Crippen LogP contribution >= 0.6 is 0 Å². The molecule has 0 aromatic carbocycles. The zero-order valence-electron chi connectivity index (χ0n) is 15.5. The molecule has 3 heterocycles. The summed E-state index contributed by atoms with van der Waals surface area (Å²) in [6.45, 7) is 1.59. The lowest BCUT2D eigenvalue weighted by atomic mass is 9.84. The van der Waals surface area contributed by atoms with Gasteiger partial charge in [0.25, 0.3) is 0 Å². The van der Waals surface area contributed by atoms with E-state index in [4.69, 9.17) is 14.7 Å². The Bertz CT molecular complexity index is 843. The lowest BCUT2D eigenvalue weighted by molar-refractivity contribution is -0.148. The highest BCUT2D eigenvalue weighted by atomic mass is 16.5. The molecule has 4 rings (SSSR count). The molecule has 1 aliphatic heterocycles. The number of rotatable bonds is 6. The van der Waals surface area contributed by atoms with E-state index in [0.717, 1.165) is 36.3 Å². The number of ether oxygens (including phenoxy) is 1. The van der Waals surface area contributed by atoms with Gasteiger partial charge in [0, 0.05) is 56.0 Å². The molecule has 7 heteroatoms. The average Bonchev–Trinajstić information content (AvgIpc) is 3.34. The number of methoxy groups -OCH3 is 1. The van der Waals surface area contributed by atoms with Crippen LogP contribution in [0.2, 0.25) is 0 Å². The van der Waals surface area contributed by atoms with Crippen LogP contribution in [0, 0.1) is 5.41 Å². The Hall–Kier alpha value is -2.54. The van der Waals surface area contributed by atoms with Gasteiger partial charge in [-0.3, -0.25) is 9.78 Å². The molecule has 7 nitrogen and oxygen atoms in total. The molecule has 2 aliphatic rings. The van der Waals surface area contributed by atoms with E-state index in [0.29, 0.717) is 38.4 Å². The lowest BCUT2D eigenvalue weighted by Gasteiger charge is -2.26. The van der Waals surface area contributed by atoms with Crippen molar-refractivity contribution in [2.45, 2.75) is 32.1 Å². The van der Waals surface area contributed by atoms with Gasteiger partial charge in [0.2, 0.25) is 0 Å². The molecule has 0 saturated carbocycles. The fraction of sp³-hybridized carbons (Fsp3) is 0.500. The highest BCUT2D eigenvalue weighted by Crippen LogP contribution is 2.39. The maximum atomic E-state index is 12.0. The van der Waals surface area contributed by atoms with Gasteiger partial charge in [-0.2, -0.15) is 0 Å². The molecule has 2 aromatic rings. The summed E-state index contributed by atoms with van der Waals surface area (Å²) in [5.74, 6) is 0.820.